The van der Waals surface area contributed by atoms with E-state index >= 15 is 0 Å². The highest BCUT2D eigenvalue weighted by Gasteiger charge is 2.12. The van der Waals surface area contributed by atoms with Crippen molar-refractivity contribution in [2.75, 3.05) is 13.2 Å². The Balaban J connectivity index is 1.62. The van der Waals surface area contributed by atoms with Gasteiger partial charge in [-0.1, -0.05) is 57.9 Å². The molecule has 0 radical (unpaired) electrons. The summed E-state index contributed by atoms with van der Waals surface area (Å²) in [5.41, 5.74) is 2.74. The van der Waals surface area contributed by atoms with E-state index in [9.17, 15) is 4.39 Å². The maximum atomic E-state index is 13.7. The molecule has 0 aliphatic rings. The number of nitrogens with one attached hydrogen (secondary N) is 1. The molecule has 0 saturated carbocycles. The Morgan fingerprint density at radius 1 is 0.967 bits per heavy atom. The molecule has 0 atom stereocenters. The second kappa shape index (κ2) is 11.3. The summed E-state index contributed by atoms with van der Waals surface area (Å²) in [6.07, 6.45) is 0.628. The summed E-state index contributed by atoms with van der Waals surface area (Å²) >= 11 is 9.67. The molecule has 0 aliphatic carbocycles. The molecule has 3 aromatic carbocycles. The molecule has 0 spiro atoms. The van der Waals surface area contributed by atoms with Gasteiger partial charge in [0.25, 0.3) is 0 Å². The minimum atomic E-state index is -0.166. The van der Waals surface area contributed by atoms with Crippen LogP contribution in [0.2, 0.25) is 5.02 Å². The Morgan fingerprint density at radius 3 is 2.53 bits per heavy atom. The quantitative estimate of drug-likeness (QED) is 0.325. The van der Waals surface area contributed by atoms with E-state index in [0.717, 1.165) is 15.6 Å². The van der Waals surface area contributed by atoms with E-state index in [1.165, 1.54) is 6.07 Å². The number of hydrogen-bond donors (Lipinski definition) is 1. The van der Waals surface area contributed by atoms with Crippen LogP contribution in [0.5, 0.6) is 11.5 Å². The number of benzene rings is 3. The van der Waals surface area contributed by atoms with Gasteiger partial charge in [0.05, 0.1) is 6.61 Å². The average molecular weight is 493 g/mol. The van der Waals surface area contributed by atoms with Gasteiger partial charge >= 0.3 is 0 Å². The van der Waals surface area contributed by atoms with Gasteiger partial charge in [-0.05, 0) is 66.9 Å². The molecule has 158 valence electrons. The third-order valence-corrected chi connectivity index (χ3v) is 5.51. The van der Waals surface area contributed by atoms with E-state index in [2.05, 4.69) is 21.2 Å². The first-order valence-electron chi connectivity index (χ1n) is 9.83. The van der Waals surface area contributed by atoms with Crippen molar-refractivity contribution in [2.45, 2.75) is 26.5 Å². The molecule has 3 rings (SSSR count). The lowest BCUT2D eigenvalue weighted by Crippen LogP contribution is -2.17. The zero-order chi connectivity index (χ0) is 21.3. The highest BCUT2D eigenvalue weighted by Crippen LogP contribution is 2.34. The number of halogens is 3. The van der Waals surface area contributed by atoms with Gasteiger partial charge in [0.2, 0.25) is 0 Å². The third-order valence-electron chi connectivity index (χ3n) is 4.54. The molecule has 0 amide bonds. The maximum absolute atomic E-state index is 13.7. The fourth-order valence-corrected chi connectivity index (χ4v) is 3.70. The van der Waals surface area contributed by atoms with Gasteiger partial charge in [0.1, 0.15) is 12.4 Å². The van der Waals surface area contributed by atoms with E-state index in [0.29, 0.717) is 54.8 Å². The topological polar surface area (TPSA) is 30.5 Å². The number of hydrogen-bond acceptors (Lipinski definition) is 3. The first-order valence-corrected chi connectivity index (χ1v) is 11.0. The predicted molar refractivity (Wildman–Crippen MR) is 123 cm³/mol. The van der Waals surface area contributed by atoms with Crippen LogP contribution in [0.15, 0.2) is 65.1 Å². The van der Waals surface area contributed by atoms with Crippen molar-refractivity contribution in [3.63, 3.8) is 0 Å². The third kappa shape index (κ3) is 6.46. The molecule has 0 heterocycles. The molecule has 0 unspecified atom stereocenters. The van der Waals surface area contributed by atoms with E-state index in [4.69, 9.17) is 21.1 Å². The first-order chi connectivity index (χ1) is 14.6. The molecule has 0 saturated heterocycles. The van der Waals surface area contributed by atoms with E-state index in [-0.39, 0.29) is 5.82 Å². The Kier molecular flexibility index (Phi) is 8.55. The van der Waals surface area contributed by atoms with E-state index in [1.54, 1.807) is 6.07 Å². The summed E-state index contributed by atoms with van der Waals surface area (Å²) in [6.45, 7) is 4.17. The van der Waals surface area contributed by atoms with Gasteiger partial charge in [-0.2, -0.15) is 0 Å². The van der Waals surface area contributed by atoms with E-state index in [1.807, 2.05) is 55.5 Å². The smallest absolute Gasteiger partial charge is 0.162 e. The highest BCUT2D eigenvalue weighted by molar-refractivity contribution is 9.10. The molecule has 1 N–H and O–H groups in total. The molecular formula is C24H24BrClFNO2. The molecule has 0 aliphatic heterocycles. The van der Waals surface area contributed by atoms with Crippen molar-refractivity contribution < 1.29 is 13.9 Å². The van der Waals surface area contributed by atoms with Gasteiger partial charge in [0, 0.05) is 16.0 Å². The van der Waals surface area contributed by atoms with Crippen LogP contribution in [0.3, 0.4) is 0 Å². The summed E-state index contributed by atoms with van der Waals surface area (Å²) in [7, 11) is 0. The minimum Gasteiger partial charge on any atom is -0.490 e. The Bertz CT molecular complexity index is 983. The lowest BCUT2D eigenvalue weighted by molar-refractivity contribution is 0.269. The molecule has 30 heavy (non-hydrogen) atoms. The van der Waals surface area contributed by atoms with Gasteiger partial charge < -0.3 is 14.8 Å². The molecule has 0 bridgehead atoms. The van der Waals surface area contributed by atoms with Crippen molar-refractivity contribution in [1.29, 1.82) is 0 Å². The standard InChI is InChI=1S/C24H24BrClFNO2/c1-2-29-23-13-19(15-28-11-10-18-7-3-4-9-22(18)27)21(25)14-24(23)30-16-17-6-5-8-20(26)12-17/h3-9,12-14,28H,2,10-11,15-16H2,1H3. The molecule has 3 nitrogen and oxygen atoms in total. The largest absolute Gasteiger partial charge is 0.490 e. The van der Waals surface area contributed by atoms with Crippen molar-refractivity contribution in [3.8, 4) is 11.5 Å². The fourth-order valence-electron chi connectivity index (χ4n) is 3.03. The van der Waals surface area contributed by atoms with Gasteiger partial charge in [-0.25, -0.2) is 4.39 Å². The second-order valence-electron chi connectivity index (χ2n) is 6.76. The average Bonchev–Trinajstić information content (AvgIpc) is 2.73. The molecule has 0 aromatic heterocycles. The lowest BCUT2D eigenvalue weighted by atomic mass is 10.1. The van der Waals surface area contributed by atoms with Crippen LogP contribution in [0.4, 0.5) is 4.39 Å². The zero-order valence-electron chi connectivity index (χ0n) is 16.8. The Labute approximate surface area is 190 Å². The fraction of sp³-hybridized carbons (Fsp3) is 0.250. The summed E-state index contributed by atoms with van der Waals surface area (Å²) in [4.78, 5) is 0. The second-order valence-corrected chi connectivity index (χ2v) is 8.05. The Morgan fingerprint density at radius 2 is 1.77 bits per heavy atom. The van der Waals surface area contributed by atoms with Gasteiger partial charge in [-0.15, -0.1) is 0 Å². The van der Waals surface area contributed by atoms with Crippen LogP contribution >= 0.6 is 27.5 Å². The van der Waals surface area contributed by atoms with Crippen LogP contribution in [0.25, 0.3) is 0 Å². The molecular weight excluding hydrogens is 469 g/mol. The summed E-state index contributed by atoms with van der Waals surface area (Å²) in [6, 6.07) is 18.3. The van der Waals surface area contributed by atoms with Gasteiger partial charge in [0.15, 0.2) is 11.5 Å². The normalized spacial score (nSPS) is 10.8. The highest BCUT2D eigenvalue weighted by atomic mass is 79.9. The monoisotopic (exact) mass is 491 g/mol. The number of ether oxygens (including phenoxy) is 2. The van der Waals surface area contributed by atoms with Crippen molar-refractivity contribution >= 4 is 27.5 Å². The summed E-state index contributed by atoms with van der Waals surface area (Å²) in [5.74, 6) is 1.19. The van der Waals surface area contributed by atoms with Crippen LogP contribution < -0.4 is 14.8 Å². The predicted octanol–water partition coefficient (Wildman–Crippen LogP) is 6.55. The van der Waals surface area contributed by atoms with Crippen molar-refractivity contribution in [3.05, 3.63) is 92.7 Å². The molecule has 0 fully saturated rings. The minimum absolute atomic E-state index is 0.166. The Hall–Kier alpha value is -2.08. The summed E-state index contributed by atoms with van der Waals surface area (Å²) < 4.78 is 26.4. The first kappa shape index (κ1) is 22.6. The van der Waals surface area contributed by atoms with Crippen molar-refractivity contribution in [1.82, 2.24) is 5.32 Å². The number of rotatable bonds is 10. The van der Waals surface area contributed by atoms with Gasteiger partial charge in [-0.3, -0.25) is 0 Å². The molecule has 6 heteroatoms. The van der Waals surface area contributed by atoms with Crippen molar-refractivity contribution in [2.24, 2.45) is 0 Å². The SMILES string of the molecule is CCOc1cc(CNCCc2ccccc2F)c(Br)cc1OCc1cccc(Cl)c1. The molecule has 3 aromatic rings. The maximum Gasteiger partial charge on any atom is 0.162 e. The van der Waals surface area contributed by atoms with Crippen LogP contribution in [-0.2, 0) is 19.6 Å². The zero-order valence-corrected chi connectivity index (χ0v) is 19.1. The van der Waals surface area contributed by atoms with Crippen LogP contribution in [-0.4, -0.2) is 13.2 Å². The van der Waals surface area contributed by atoms with Crippen LogP contribution in [0.1, 0.15) is 23.6 Å². The van der Waals surface area contributed by atoms with Crippen LogP contribution in [0, 0.1) is 5.82 Å². The lowest BCUT2D eigenvalue weighted by Gasteiger charge is -2.16. The summed E-state index contributed by atoms with van der Waals surface area (Å²) in [5, 5.41) is 4.04. The van der Waals surface area contributed by atoms with E-state index < -0.39 is 0 Å².